The molecule has 0 atom stereocenters. The number of ether oxygens (including phenoxy) is 1. The first-order valence-corrected chi connectivity index (χ1v) is 15.7. The number of benzene rings is 4. The first-order chi connectivity index (χ1) is 19.0. The molecule has 6 heteroatoms. The zero-order chi connectivity index (χ0) is 27.8. The molecule has 0 aliphatic carbocycles. The molecule has 0 spiro atoms. The Kier molecular flexibility index (Phi) is 13.0. The van der Waals surface area contributed by atoms with Crippen LogP contribution in [0.25, 0.3) is 0 Å². The number of methoxy groups -OCH3 is 1. The third-order valence-corrected chi connectivity index (χ3v) is 8.30. The Labute approximate surface area is 238 Å². The van der Waals surface area contributed by atoms with E-state index >= 15 is 0 Å². The van der Waals surface area contributed by atoms with Crippen molar-refractivity contribution in [3.63, 3.8) is 0 Å². The van der Waals surface area contributed by atoms with Crippen LogP contribution in [0.1, 0.15) is 51.0 Å². The molecule has 0 aromatic heterocycles. The van der Waals surface area contributed by atoms with Crippen molar-refractivity contribution in [2.75, 3.05) is 7.11 Å². The molecule has 0 saturated carbocycles. The fraction of sp³-hybridized carbons (Fsp3) is 0.273. The number of hydrogen-bond acceptors (Lipinski definition) is 5. The van der Waals surface area contributed by atoms with Crippen LogP contribution < -0.4 is 8.92 Å². The molecule has 4 nitrogen and oxygen atoms in total. The van der Waals surface area contributed by atoms with Crippen LogP contribution in [0.3, 0.4) is 0 Å². The molecule has 0 N–H and O–H groups in total. The molecule has 4 aromatic rings. The van der Waals surface area contributed by atoms with Gasteiger partial charge in [0.25, 0.3) is 0 Å². The van der Waals surface area contributed by atoms with Crippen LogP contribution in [0.5, 0.6) is 11.5 Å². The van der Waals surface area contributed by atoms with E-state index in [0.717, 1.165) is 18.4 Å². The van der Waals surface area contributed by atoms with E-state index in [-0.39, 0.29) is 10.6 Å². The third kappa shape index (κ3) is 11.2. The summed E-state index contributed by atoms with van der Waals surface area (Å²) in [5, 5.41) is 0. The Bertz CT molecular complexity index is 1270. The summed E-state index contributed by atoms with van der Waals surface area (Å²) in [5.74, 6) is 0.913. The van der Waals surface area contributed by atoms with Crippen molar-refractivity contribution in [3.8, 4) is 11.5 Å². The van der Waals surface area contributed by atoms with Crippen LogP contribution in [0, 0.1) is 0 Å². The quantitative estimate of drug-likeness (QED) is 0.120. The molecule has 0 heterocycles. The summed E-state index contributed by atoms with van der Waals surface area (Å²) >= 11 is 1.79. The lowest BCUT2D eigenvalue weighted by Gasteiger charge is -2.08. The Morgan fingerprint density at radius 3 is 1.67 bits per heavy atom. The first-order valence-electron chi connectivity index (χ1n) is 13.5. The minimum Gasteiger partial charge on any atom is -0.497 e. The molecule has 0 amide bonds. The van der Waals surface area contributed by atoms with Gasteiger partial charge in [-0.2, -0.15) is 8.42 Å². The topological polar surface area (TPSA) is 52.6 Å². The molecule has 4 aromatic carbocycles. The summed E-state index contributed by atoms with van der Waals surface area (Å²) in [7, 11) is -2.27. The third-order valence-electron chi connectivity index (χ3n) is 6.02. The van der Waals surface area contributed by atoms with Crippen LogP contribution >= 0.6 is 11.8 Å². The highest BCUT2D eigenvalue weighted by molar-refractivity contribution is 7.99. The Morgan fingerprint density at radius 2 is 1.13 bits per heavy atom. The summed E-state index contributed by atoms with van der Waals surface area (Å²) in [4.78, 5) is 2.74. The molecular formula is C33H38O4S2. The molecular weight excluding hydrogens is 524 g/mol. The average molecular weight is 563 g/mol. The lowest BCUT2D eigenvalue weighted by molar-refractivity contribution is 0.413. The Hall–Kier alpha value is -3.22. The molecule has 0 aliphatic heterocycles. The normalized spacial score (nSPS) is 10.8. The largest absolute Gasteiger partial charge is 0.497 e. The van der Waals surface area contributed by atoms with E-state index in [0.29, 0.717) is 5.75 Å². The molecule has 4 rings (SSSR count). The summed E-state index contributed by atoms with van der Waals surface area (Å²) in [5.41, 5.74) is 1.16. The molecule has 0 saturated heterocycles. The van der Waals surface area contributed by atoms with Gasteiger partial charge >= 0.3 is 10.1 Å². The van der Waals surface area contributed by atoms with Crippen molar-refractivity contribution in [1.82, 2.24) is 0 Å². The van der Waals surface area contributed by atoms with Crippen molar-refractivity contribution in [2.24, 2.45) is 0 Å². The smallest absolute Gasteiger partial charge is 0.339 e. The summed E-state index contributed by atoms with van der Waals surface area (Å²) in [6.07, 6.45) is 8.48. The van der Waals surface area contributed by atoms with Crippen molar-refractivity contribution in [3.05, 3.63) is 115 Å². The van der Waals surface area contributed by atoms with Crippen LogP contribution in [0.15, 0.2) is 124 Å². The lowest BCUT2D eigenvalue weighted by atomic mass is 10.1. The van der Waals surface area contributed by atoms with Crippen LogP contribution in [-0.2, 0) is 16.5 Å². The predicted molar refractivity (Wildman–Crippen MR) is 161 cm³/mol. The number of hydrogen-bond donors (Lipinski definition) is 0. The standard InChI is InChI=1S/C21H28O4S.C12H10S/c1-3-4-5-6-7-8-9-18-10-16-21(17-11-18)26(22,23)25-20-14-12-19(24-2)13-15-20;1-3-7-11(8-4-1)13-12-9-5-2-6-10-12/h10-17H,3-9H2,1-2H3;1-10H. The highest BCUT2D eigenvalue weighted by Crippen LogP contribution is 2.26. The zero-order valence-corrected chi connectivity index (χ0v) is 24.4. The fourth-order valence-electron chi connectivity index (χ4n) is 3.85. The highest BCUT2D eigenvalue weighted by Gasteiger charge is 2.16. The summed E-state index contributed by atoms with van der Waals surface area (Å²) in [6.45, 7) is 2.22. The second kappa shape index (κ2) is 16.7. The van der Waals surface area contributed by atoms with Gasteiger partial charge in [0.05, 0.1) is 7.11 Å². The van der Waals surface area contributed by atoms with Crippen LogP contribution in [-0.4, -0.2) is 15.5 Å². The number of unbranched alkanes of at least 4 members (excludes halogenated alkanes) is 5. The SMILES string of the molecule is CCCCCCCCc1ccc(S(=O)(=O)Oc2ccc(OC)cc2)cc1.c1ccc(Sc2ccccc2)cc1. The van der Waals surface area contributed by atoms with Gasteiger partial charge in [-0.3, -0.25) is 0 Å². The van der Waals surface area contributed by atoms with E-state index in [9.17, 15) is 8.42 Å². The van der Waals surface area contributed by atoms with Gasteiger partial charge in [0.1, 0.15) is 16.4 Å². The van der Waals surface area contributed by atoms with E-state index in [4.69, 9.17) is 8.92 Å². The summed E-state index contributed by atoms with van der Waals surface area (Å²) < 4.78 is 35.0. The molecule has 39 heavy (non-hydrogen) atoms. The molecule has 0 fully saturated rings. The second-order valence-corrected chi connectivity index (χ2v) is 11.8. The minimum absolute atomic E-state index is 0.167. The first kappa shape index (κ1) is 30.3. The molecule has 0 radical (unpaired) electrons. The van der Waals surface area contributed by atoms with E-state index in [1.54, 1.807) is 55.3 Å². The fourth-order valence-corrected chi connectivity index (χ4v) is 5.64. The van der Waals surface area contributed by atoms with E-state index in [1.807, 2.05) is 24.3 Å². The highest BCUT2D eigenvalue weighted by atomic mass is 32.2. The average Bonchev–Trinajstić information content (AvgIpc) is 2.97. The van der Waals surface area contributed by atoms with Gasteiger partial charge < -0.3 is 8.92 Å². The maximum Gasteiger partial charge on any atom is 0.339 e. The Balaban J connectivity index is 0.000000268. The second-order valence-electron chi connectivity index (χ2n) is 9.10. The maximum atomic E-state index is 12.4. The monoisotopic (exact) mass is 562 g/mol. The van der Waals surface area contributed by atoms with E-state index in [2.05, 4.69) is 55.5 Å². The maximum absolute atomic E-state index is 12.4. The zero-order valence-electron chi connectivity index (χ0n) is 22.8. The van der Waals surface area contributed by atoms with Crippen LogP contribution in [0.4, 0.5) is 0 Å². The van der Waals surface area contributed by atoms with E-state index < -0.39 is 10.1 Å². The van der Waals surface area contributed by atoms with Gasteiger partial charge in [-0.1, -0.05) is 99.3 Å². The lowest BCUT2D eigenvalue weighted by Crippen LogP contribution is -2.09. The molecule has 0 bridgehead atoms. The van der Waals surface area contributed by atoms with Crippen molar-refractivity contribution in [2.45, 2.75) is 66.6 Å². The van der Waals surface area contributed by atoms with Crippen molar-refractivity contribution >= 4 is 21.9 Å². The molecule has 0 aliphatic rings. The van der Waals surface area contributed by atoms with Gasteiger partial charge in [0.15, 0.2) is 0 Å². The predicted octanol–water partition coefficient (Wildman–Crippen LogP) is 9.20. The minimum atomic E-state index is -3.83. The van der Waals surface area contributed by atoms with Gasteiger partial charge in [0.2, 0.25) is 0 Å². The molecule has 206 valence electrons. The van der Waals surface area contributed by atoms with Crippen LogP contribution in [0.2, 0.25) is 0 Å². The van der Waals surface area contributed by atoms with Gasteiger partial charge in [-0.25, -0.2) is 0 Å². The Morgan fingerprint density at radius 1 is 0.615 bits per heavy atom. The van der Waals surface area contributed by atoms with Crippen molar-refractivity contribution in [1.29, 1.82) is 0 Å². The number of rotatable bonds is 13. The van der Waals surface area contributed by atoms with E-state index in [1.165, 1.54) is 41.9 Å². The van der Waals surface area contributed by atoms with Gasteiger partial charge in [-0.15, -0.1) is 0 Å². The van der Waals surface area contributed by atoms with Gasteiger partial charge in [-0.05, 0) is 79.1 Å². The van der Waals surface area contributed by atoms with Crippen molar-refractivity contribution < 1.29 is 17.3 Å². The summed E-state index contributed by atoms with van der Waals surface area (Å²) in [6, 6.07) is 34.3. The molecule has 0 unspecified atom stereocenters. The number of aryl methyl sites for hydroxylation is 1. The van der Waals surface area contributed by atoms with Gasteiger partial charge in [0, 0.05) is 9.79 Å².